The first-order valence-corrected chi connectivity index (χ1v) is 5.04. The summed E-state index contributed by atoms with van der Waals surface area (Å²) in [5, 5.41) is 0. The maximum atomic E-state index is 13.1. The lowest BCUT2D eigenvalue weighted by Crippen LogP contribution is -1.91. The van der Waals surface area contributed by atoms with Gasteiger partial charge in [-0.15, -0.1) is 0 Å². The summed E-state index contributed by atoms with van der Waals surface area (Å²) in [5.74, 6) is 0.382. The van der Waals surface area contributed by atoms with Gasteiger partial charge in [0.15, 0.2) is 6.29 Å². The molecule has 0 saturated carbocycles. The van der Waals surface area contributed by atoms with Crippen LogP contribution in [0.15, 0.2) is 36.5 Å². The Hall–Kier alpha value is -2.23. The maximum absolute atomic E-state index is 13.1. The number of nitrogens with zero attached hydrogens (tertiary/aromatic N) is 1. The van der Waals surface area contributed by atoms with Crippen molar-refractivity contribution in [2.45, 2.75) is 6.92 Å². The van der Waals surface area contributed by atoms with Crippen LogP contribution in [-0.4, -0.2) is 11.3 Å². The molecule has 2 aromatic rings. The van der Waals surface area contributed by atoms with E-state index in [1.807, 2.05) is 6.92 Å². The van der Waals surface area contributed by atoms with Gasteiger partial charge >= 0.3 is 0 Å². The molecule has 0 bridgehead atoms. The third-order valence-corrected chi connectivity index (χ3v) is 2.21. The highest BCUT2D eigenvalue weighted by atomic mass is 19.1. The van der Waals surface area contributed by atoms with Crippen molar-refractivity contribution < 1.29 is 13.9 Å². The molecule has 4 heteroatoms. The zero-order valence-corrected chi connectivity index (χ0v) is 9.18. The van der Waals surface area contributed by atoms with E-state index in [0.717, 1.165) is 5.69 Å². The first kappa shape index (κ1) is 11.3. The van der Waals surface area contributed by atoms with Crippen LogP contribution < -0.4 is 4.74 Å². The fourth-order valence-electron chi connectivity index (χ4n) is 1.33. The minimum atomic E-state index is -0.561. The number of benzene rings is 1. The van der Waals surface area contributed by atoms with Crippen LogP contribution in [0.4, 0.5) is 4.39 Å². The summed E-state index contributed by atoms with van der Waals surface area (Å²) < 4.78 is 18.5. The molecule has 0 unspecified atom stereocenters. The zero-order valence-electron chi connectivity index (χ0n) is 9.18. The molecule has 0 aliphatic rings. The van der Waals surface area contributed by atoms with E-state index < -0.39 is 5.82 Å². The lowest BCUT2D eigenvalue weighted by atomic mass is 10.2. The third kappa shape index (κ3) is 2.66. The van der Waals surface area contributed by atoms with Gasteiger partial charge in [-0.1, -0.05) is 0 Å². The molecule has 0 radical (unpaired) electrons. The smallest absolute Gasteiger partial charge is 0.153 e. The minimum Gasteiger partial charge on any atom is -0.456 e. The van der Waals surface area contributed by atoms with E-state index in [1.165, 1.54) is 18.2 Å². The molecule has 0 spiro atoms. The summed E-state index contributed by atoms with van der Waals surface area (Å²) in [4.78, 5) is 14.6. The first-order valence-electron chi connectivity index (χ1n) is 5.04. The van der Waals surface area contributed by atoms with Crippen LogP contribution in [0.1, 0.15) is 16.1 Å². The van der Waals surface area contributed by atoms with Crippen LogP contribution in [0.3, 0.4) is 0 Å². The molecule has 1 heterocycles. The Balaban J connectivity index is 2.24. The molecule has 1 aromatic carbocycles. The van der Waals surface area contributed by atoms with Crippen LogP contribution in [0.2, 0.25) is 0 Å². The zero-order chi connectivity index (χ0) is 12.3. The molecule has 0 aliphatic heterocycles. The van der Waals surface area contributed by atoms with Gasteiger partial charge < -0.3 is 4.74 Å². The molecule has 2 rings (SSSR count). The summed E-state index contributed by atoms with van der Waals surface area (Å²) in [7, 11) is 0. The Labute approximate surface area is 97.9 Å². The van der Waals surface area contributed by atoms with Crippen molar-refractivity contribution in [3.05, 3.63) is 53.6 Å². The van der Waals surface area contributed by atoms with Crippen LogP contribution in [0.5, 0.6) is 11.5 Å². The molecule has 0 amide bonds. The molecule has 3 nitrogen and oxygen atoms in total. The number of halogens is 1. The summed E-state index contributed by atoms with van der Waals surface area (Å²) >= 11 is 0. The number of hydrogen-bond donors (Lipinski definition) is 0. The highest BCUT2D eigenvalue weighted by Gasteiger charge is 2.04. The average molecular weight is 231 g/mol. The summed E-state index contributed by atoms with van der Waals surface area (Å²) in [5.41, 5.74) is 0.854. The number of ether oxygens (including phenoxy) is 1. The van der Waals surface area contributed by atoms with Crippen molar-refractivity contribution in [3.63, 3.8) is 0 Å². The SMILES string of the molecule is Cc1ccc(Oc2ccc(F)c(C=O)c2)cn1. The van der Waals surface area contributed by atoms with Gasteiger partial charge in [-0.3, -0.25) is 9.78 Å². The Bertz CT molecular complexity index is 538. The van der Waals surface area contributed by atoms with Crippen LogP contribution in [-0.2, 0) is 0 Å². The number of aldehydes is 1. The molecule has 0 aliphatic carbocycles. The van der Waals surface area contributed by atoms with E-state index in [4.69, 9.17) is 4.74 Å². The second kappa shape index (κ2) is 4.74. The lowest BCUT2D eigenvalue weighted by molar-refractivity contribution is 0.111. The molecular formula is C13H10FNO2. The second-order valence-electron chi connectivity index (χ2n) is 3.54. The van der Waals surface area contributed by atoms with Crippen LogP contribution >= 0.6 is 0 Å². The van der Waals surface area contributed by atoms with Gasteiger partial charge in [0, 0.05) is 5.69 Å². The number of aromatic nitrogens is 1. The van der Waals surface area contributed by atoms with E-state index >= 15 is 0 Å². The van der Waals surface area contributed by atoms with Gasteiger partial charge in [0.2, 0.25) is 0 Å². The highest BCUT2D eigenvalue weighted by molar-refractivity contribution is 5.76. The van der Waals surface area contributed by atoms with E-state index in [-0.39, 0.29) is 5.56 Å². The van der Waals surface area contributed by atoms with E-state index in [9.17, 15) is 9.18 Å². The van der Waals surface area contributed by atoms with Crippen molar-refractivity contribution in [2.75, 3.05) is 0 Å². The molecular weight excluding hydrogens is 221 g/mol. The quantitative estimate of drug-likeness (QED) is 0.762. The molecule has 0 atom stereocenters. The Morgan fingerprint density at radius 2 is 2.00 bits per heavy atom. The van der Waals surface area contributed by atoms with E-state index in [2.05, 4.69) is 4.98 Å². The molecule has 86 valence electrons. The Morgan fingerprint density at radius 1 is 1.24 bits per heavy atom. The van der Waals surface area contributed by atoms with Gasteiger partial charge in [-0.25, -0.2) is 4.39 Å². The molecule has 0 N–H and O–H groups in total. The molecule has 0 saturated heterocycles. The lowest BCUT2D eigenvalue weighted by Gasteiger charge is -2.06. The van der Waals surface area contributed by atoms with Gasteiger partial charge in [0.1, 0.15) is 17.3 Å². The van der Waals surface area contributed by atoms with Gasteiger partial charge in [0.05, 0.1) is 11.8 Å². The second-order valence-corrected chi connectivity index (χ2v) is 3.54. The van der Waals surface area contributed by atoms with Crippen molar-refractivity contribution >= 4 is 6.29 Å². The topological polar surface area (TPSA) is 39.2 Å². The number of carbonyl (C=O) groups is 1. The normalized spacial score (nSPS) is 10.0. The van der Waals surface area contributed by atoms with E-state index in [0.29, 0.717) is 17.8 Å². The van der Waals surface area contributed by atoms with Crippen LogP contribution in [0, 0.1) is 12.7 Å². The number of rotatable bonds is 3. The molecule has 1 aromatic heterocycles. The van der Waals surface area contributed by atoms with Crippen molar-refractivity contribution in [1.82, 2.24) is 4.98 Å². The van der Waals surface area contributed by atoms with Crippen LogP contribution in [0.25, 0.3) is 0 Å². The minimum absolute atomic E-state index is 0.0254. The Morgan fingerprint density at radius 3 is 2.65 bits per heavy atom. The third-order valence-electron chi connectivity index (χ3n) is 2.21. The summed E-state index contributed by atoms with van der Waals surface area (Å²) in [6.07, 6.45) is 2.02. The maximum Gasteiger partial charge on any atom is 0.153 e. The number of carbonyl (C=O) groups excluding carboxylic acids is 1. The van der Waals surface area contributed by atoms with Gasteiger partial charge in [-0.05, 0) is 37.3 Å². The summed E-state index contributed by atoms with van der Waals surface area (Å²) in [6, 6.07) is 7.57. The van der Waals surface area contributed by atoms with Crippen molar-refractivity contribution in [2.24, 2.45) is 0 Å². The number of aryl methyl sites for hydroxylation is 1. The summed E-state index contributed by atoms with van der Waals surface area (Å²) in [6.45, 7) is 1.87. The standard InChI is InChI=1S/C13H10FNO2/c1-9-2-3-12(7-15-9)17-11-4-5-13(14)10(6-11)8-16/h2-8H,1H3. The fourth-order valence-corrected chi connectivity index (χ4v) is 1.33. The van der Waals surface area contributed by atoms with Crippen molar-refractivity contribution in [1.29, 1.82) is 0 Å². The predicted molar refractivity (Wildman–Crippen MR) is 60.8 cm³/mol. The highest BCUT2D eigenvalue weighted by Crippen LogP contribution is 2.22. The molecule has 0 fully saturated rings. The van der Waals surface area contributed by atoms with Gasteiger partial charge in [-0.2, -0.15) is 0 Å². The number of pyridine rings is 1. The Kier molecular flexibility index (Phi) is 3.14. The van der Waals surface area contributed by atoms with E-state index in [1.54, 1.807) is 18.3 Å². The fraction of sp³-hybridized carbons (Fsp3) is 0.0769. The largest absolute Gasteiger partial charge is 0.456 e. The predicted octanol–water partition coefficient (Wildman–Crippen LogP) is 3.13. The average Bonchev–Trinajstić information content (AvgIpc) is 2.34. The van der Waals surface area contributed by atoms with Gasteiger partial charge in [0.25, 0.3) is 0 Å². The van der Waals surface area contributed by atoms with Crippen molar-refractivity contribution in [3.8, 4) is 11.5 Å². The molecule has 17 heavy (non-hydrogen) atoms. The number of hydrogen-bond acceptors (Lipinski definition) is 3. The first-order chi connectivity index (χ1) is 8.19. The monoisotopic (exact) mass is 231 g/mol.